The number of hydrogen-bond donors (Lipinski definition) is 0. The van der Waals surface area contributed by atoms with E-state index >= 15 is 0 Å². The van der Waals surface area contributed by atoms with E-state index in [0.29, 0.717) is 5.41 Å². The van der Waals surface area contributed by atoms with Gasteiger partial charge < -0.3 is 0 Å². The molecule has 0 nitrogen and oxygen atoms in total. The van der Waals surface area contributed by atoms with E-state index in [-0.39, 0.29) is 0 Å². The highest BCUT2D eigenvalue weighted by molar-refractivity contribution is 9.10. The SMILES string of the molecule is Brc1ccc2c(c1)C1(CCC2)CCC1. The quantitative estimate of drug-likeness (QED) is 0.648. The van der Waals surface area contributed by atoms with Crippen molar-refractivity contribution in [2.24, 2.45) is 0 Å². The number of benzene rings is 1. The maximum Gasteiger partial charge on any atom is 0.0178 e. The maximum atomic E-state index is 3.60. The molecule has 0 amide bonds. The van der Waals surface area contributed by atoms with Gasteiger partial charge in [-0.1, -0.05) is 28.4 Å². The molecule has 0 unspecified atom stereocenters. The first kappa shape index (κ1) is 8.96. The van der Waals surface area contributed by atoms with E-state index in [2.05, 4.69) is 34.1 Å². The molecule has 0 aromatic heterocycles. The molecule has 1 heteroatoms. The molecule has 0 N–H and O–H groups in total. The Labute approximate surface area is 93.8 Å². The van der Waals surface area contributed by atoms with Crippen LogP contribution in [0.5, 0.6) is 0 Å². The minimum Gasteiger partial charge on any atom is -0.0576 e. The van der Waals surface area contributed by atoms with Crippen LogP contribution in [0.4, 0.5) is 0 Å². The van der Waals surface area contributed by atoms with Crippen LogP contribution in [0.3, 0.4) is 0 Å². The van der Waals surface area contributed by atoms with Gasteiger partial charge in [-0.25, -0.2) is 0 Å². The van der Waals surface area contributed by atoms with Crippen LogP contribution in [0.1, 0.15) is 43.2 Å². The van der Waals surface area contributed by atoms with E-state index in [9.17, 15) is 0 Å². The summed E-state index contributed by atoms with van der Waals surface area (Å²) in [5, 5.41) is 0. The lowest BCUT2D eigenvalue weighted by atomic mass is 9.58. The third-order valence-corrected chi connectivity index (χ3v) is 4.55. The summed E-state index contributed by atoms with van der Waals surface area (Å²) in [6.07, 6.45) is 8.41. The standard InChI is InChI=1S/C13H15Br/c14-11-5-4-10-3-1-6-13(7-2-8-13)12(10)9-11/h4-5,9H,1-3,6-8H2. The Morgan fingerprint density at radius 3 is 2.57 bits per heavy atom. The van der Waals surface area contributed by atoms with Crippen molar-refractivity contribution < 1.29 is 0 Å². The normalized spacial score (nSPS) is 22.9. The van der Waals surface area contributed by atoms with Crippen molar-refractivity contribution >= 4 is 15.9 Å². The zero-order valence-electron chi connectivity index (χ0n) is 8.35. The lowest BCUT2D eigenvalue weighted by Gasteiger charge is -2.46. The van der Waals surface area contributed by atoms with Crippen LogP contribution < -0.4 is 0 Å². The zero-order valence-corrected chi connectivity index (χ0v) is 9.94. The highest BCUT2D eigenvalue weighted by Gasteiger charge is 2.41. The van der Waals surface area contributed by atoms with E-state index in [1.807, 2.05) is 0 Å². The summed E-state index contributed by atoms with van der Waals surface area (Å²) in [4.78, 5) is 0. The molecule has 1 aromatic carbocycles. The summed E-state index contributed by atoms with van der Waals surface area (Å²) < 4.78 is 1.25. The summed E-state index contributed by atoms with van der Waals surface area (Å²) in [6, 6.07) is 6.88. The zero-order chi connectivity index (χ0) is 9.60. The van der Waals surface area contributed by atoms with E-state index in [0.717, 1.165) is 0 Å². The largest absolute Gasteiger partial charge is 0.0576 e. The van der Waals surface area contributed by atoms with Crippen molar-refractivity contribution in [3.05, 3.63) is 33.8 Å². The van der Waals surface area contributed by atoms with Crippen LogP contribution in [0.15, 0.2) is 22.7 Å². The molecule has 0 bridgehead atoms. The van der Waals surface area contributed by atoms with Crippen LogP contribution in [-0.4, -0.2) is 0 Å². The Morgan fingerprint density at radius 1 is 1.07 bits per heavy atom. The molecule has 0 saturated heterocycles. The third-order valence-electron chi connectivity index (χ3n) is 4.06. The summed E-state index contributed by atoms with van der Waals surface area (Å²) in [6.45, 7) is 0. The van der Waals surface area contributed by atoms with Crippen LogP contribution in [0.2, 0.25) is 0 Å². The molecule has 74 valence electrons. The highest BCUT2D eigenvalue weighted by Crippen LogP contribution is 2.51. The lowest BCUT2D eigenvalue weighted by Crippen LogP contribution is -2.37. The Hall–Kier alpha value is -0.300. The van der Waals surface area contributed by atoms with Crippen LogP contribution in [-0.2, 0) is 11.8 Å². The second-order valence-corrected chi connectivity index (χ2v) is 5.70. The minimum atomic E-state index is 0.595. The Bertz CT molecular complexity index is 363. The molecule has 3 rings (SSSR count). The first-order chi connectivity index (χ1) is 6.80. The molecule has 0 atom stereocenters. The van der Waals surface area contributed by atoms with Gasteiger partial charge in [0.2, 0.25) is 0 Å². The van der Waals surface area contributed by atoms with Gasteiger partial charge >= 0.3 is 0 Å². The monoisotopic (exact) mass is 250 g/mol. The molecule has 1 saturated carbocycles. The van der Waals surface area contributed by atoms with Crippen molar-refractivity contribution in [2.75, 3.05) is 0 Å². The smallest absolute Gasteiger partial charge is 0.0178 e. The van der Waals surface area contributed by atoms with Crippen molar-refractivity contribution in [2.45, 2.75) is 43.9 Å². The van der Waals surface area contributed by atoms with Crippen LogP contribution in [0.25, 0.3) is 0 Å². The van der Waals surface area contributed by atoms with Crippen molar-refractivity contribution in [1.29, 1.82) is 0 Å². The third kappa shape index (κ3) is 1.18. The molecular formula is C13H15Br. The molecule has 1 aromatic rings. The summed E-state index contributed by atoms with van der Waals surface area (Å²) in [5.74, 6) is 0. The summed E-state index contributed by atoms with van der Waals surface area (Å²) in [5.41, 5.74) is 3.86. The first-order valence-electron chi connectivity index (χ1n) is 5.59. The summed E-state index contributed by atoms with van der Waals surface area (Å²) >= 11 is 3.60. The lowest BCUT2D eigenvalue weighted by molar-refractivity contribution is 0.208. The molecule has 1 spiro atoms. The second kappa shape index (κ2) is 3.10. The maximum absolute atomic E-state index is 3.60. The molecule has 1 fully saturated rings. The van der Waals surface area contributed by atoms with Gasteiger partial charge in [-0.3, -0.25) is 0 Å². The predicted molar refractivity (Wildman–Crippen MR) is 62.6 cm³/mol. The average Bonchev–Trinajstić information content (AvgIpc) is 2.14. The molecule has 0 heterocycles. The molecular weight excluding hydrogens is 236 g/mol. The number of fused-ring (bicyclic) bond motifs is 2. The van der Waals surface area contributed by atoms with Crippen molar-refractivity contribution in [3.63, 3.8) is 0 Å². The average molecular weight is 251 g/mol. The molecule has 2 aliphatic carbocycles. The Balaban J connectivity index is 2.12. The van der Waals surface area contributed by atoms with Crippen LogP contribution in [0, 0.1) is 0 Å². The fourth-order valence-corrected chi connectivity index (χ4v) is 3.50. The number of aryl methyl sites for hydroxylation is 1. The highest BCUT2D eigenvalue weighted by atomic mass is 79.9. The Morgan fingerprint density at radius 2 is 1.86 bits per heavy atom. The number of hydrogen-bond acceptors (Lipinski definition) is 0. The molecule has 14 heavy (non-hydrogen) atoms. The van der Waals surface area contributed by atoms with E-state index < -0.39 is 0 Å². The topological polar surface area (TPSA) is 0 Å². The van der Waals surface area contributed by atoms with Crippen molar-refractivity contribution in [1.82, 2.24) is 0 Å². The van der Waals surface area contributed by atoms with Gasteiger partial charge in [0.25, 0.3) is 0 Å². The fraction of sp³-hybridized carbons (Fsp3) is 0.538. The predicted octanol–water partition coefficient (Wildman–Crippen LogP) is 4.21. The van der Waals surface area contributed by atoms with Crippen molar-refractivity contribution in [3.8, 4) is 0 Å². The van der Waals surface area contributed by atoms with E-state index in [1.54, 1.807) is 11.1 Å². The Kier molecular flexibility index (Phi) is 1.98. The van der Waals surface area contributed by atoms with Gasteiger partial charge in [0.15, 0.2) is 0 Å². The summed E-state index contributed by atoms with van der Waals surface area (Å²) in [7, 11) is 0. The van der Waals surface area contributed by atoms with Gasteiger partial charge in [0, 0.05) is 4.47 Å². The van der Waals surface area contributed by atoms with Gasteiger partial charge in [-0.2, -0.15) is 0 Å². The van der Waals surface area contributed by atoms with Crippen LogP contribution >= 0.6 is 15.9 Å². The number of halogens is 1. The van der Waals surface area contributed by atoms with E-state index in [1.165, 1.54) is 43.0 Å². The van der Waals surface area contributed by atoms with Gasteiger partial charge in [0.05, 0.1) is 0 Å². The minimum absolute atomic E-state index is 0.595. The molecule has 0 aliphatic heterocycles. The van der Waals surface area contributed by atoms with Gasteiger partial charge in [-0.15, -0.1) is 0 Å². The van der Waals surface area contributed by atoms with Gasteiger partial charge in [-0.05, 0) is 60.8 Å². The molecule has 2 aliphatic rings. The number of rotatable bonds is 0. The fourth-order valence-electron chi connectivity index (χ4n) is 3.14. The van der Waals surface area contributed by atoms with Gasteiger partial charge in [0.1, 0.15) is 0 Å². The second-order valence-electron chi connectivity index (χ2n) is 4.79. The molecule has 0 radical (unpaired) electrons. The first-order valence-corrected chi connectivity index (χ1v) is 6.38. The van der Waals surface area contributed by atoms with E-state index in [4.69, 9.17) is 0 Å².